The van der Waals surface area contributed by atoms with Crippen LogP contribution < -0.4 is 5.32 Å². The second kappa shape index (κ2) is 8.61. The van der Waals surface area contributed by atoms with E-state index in [1.807, 2.05) is 0 Å². The Labute approximate surface area is 138 Å². The number of aryl methyl sites for hydroxylation is 1. The van der Waals surface area contributed by atoms with Gasteiger partial charge in [0.1, 0.15) is 0 Å². The van der Waals surface area contributed by atoms with Gasteiger partial charge in [0, 0.05) is 37.2 Å². The normalized spacial score (nSPS) is 10.1. The fourth-order valence-corrected chi connectivity index (χ4v) is 1.99. The number of carbonyl (C=O) groups excluding carboxylic acids is 2. The number of nitrogens with one attached hydrogen (secondary N) is 1. The molecule has 0 unspecified atom stereocenters. The third kappa shape index (κ3) is 5.67. The number of carboxylic acid groups (broad SMARTS) is 1. The van der Waals surface area contributed by atoms with Crippen molar-refractivity contribution in [2.75, 3.05) is 20.1 Å². The molecular formula is C15H19N3O6. The summed E-state index contributed by atoms with van der Waals surface area (Å²) in [4.78, 5) is 45.8. The van der Waals surface area contributed by atoms with Crippen LogP contribution in [0.15, 0.2) is 18.2 Å². The van der Waals surface area contributed by atoms with E-state index in [4.69, 9.17) is 5.11 Å². The zero-order chi connectivity index (χ0) is 18.3. The molecule has 1 aromatic rings. The molecule has 9 nitrogen and oxygen atoms in total. The summed E-state index contributed by atoms with van der Waals surface area (Å²) in [7, 11) is 1.52. The zero-order valence-electron chi connectivity index (χ0n) is 13.4. The van der Waals surface area contributed by atoms with Crippen LogP contribution in [0.2, 0.25) is 0 Å². The van der Waals surface area contributed by atoms with Crippen molar-refractivity contribution in [1.29, 1.82) is 0 Å². The molecule has 0 bridgehead atoms. The monoisotopic (exact) mass is 337 g/mol. The molecule has 0 saturated carbocycles. The topological polar surface area (TPSA) is 130 Å². The minimum absolute atomic E-state index is 0.0357. The van der Waals surface area contributed by atoms with Crippen LogP contribution in [-0.4, -0.2) is 52.9 Å². The molecule has 0 saturated heterocycles. The Morgan fingerprint density at radius 3 is 2.54 bits per heavy atom. The van der Waals surface area contributed by atoms with Crippen LogP contribution >= 0.6 is 0 Å². The second-order valence-electron chi connectivity index (χ2n) is 5.25. The molecule has 0 aromatic heterocycles. The molecule has 0 aliphatic rings. The highest BCUT2D eigenvalue weighted by Gasteiger charge is 2.15. The first-order valence-corrected chi connectivity index (χ1v) is 7.21. The number of hydrogen-bond donors (Lipinski definition) is 2. The molecule has 0 spiro atoms. The van der Waals surface area contributed by atoms with Gasteiger partial charge in [-0.1, -0.05) is 0 Å². The molecule has 0 aliphatic carbocycles. The van der Waals surface area contributed by atoms with Gasteiger partial charge in [-0.2, -0.15) is 0 Å². The molecule has 2 N–H and O–H groups in total. The van der Waals surface area contributed by atoms with Crippen molar-refractivity contribution in [2.24, 2.45) is 0 Å². The van der Waals surface area contributed by atoms with Gasteiger partial charge in [0.25, 0.3) is 11.6 Å². The van der Waals surface area contributed by atoms with Crippen molar-refractivity contribution in [1.82, 2.24) is 10.2 Å². The average Bonchev–Trinajstić information content (AvgIpc) is 2.51. The van der Waals surface area contributed by atoms with E-state index in [0.29, 0.717) is 12.0 Å². The highest BCUT2D eigenvalue weighted by atomic mass is 16.6. The maximum Gasteiger partial charge on any atom is 0.303 e. The van der Waals surface area contributed by atoms with Gasteiger partial charge < -0.3 is 15.3 Å². The van der Waals surface area contributed by atoms with Crippen molar-refractivity contribution in [3.63, 3.8) is 0 Å². The van der Waals surface area contributed by atoms with E-state index in [2.05, 4.69) is 5.32 Å². The van der Waals surface area contributed by atoms with Crippen LogP contribution in [0.4, 0.5) is 5.69 Å². The van der Waals surface area contributed by atoms with E-state index in [-0.39, 0.29) is 36.7 Å². The highest BCUT2D eigenvalue weighted by molar-refractivity contribution is 5.96. The van der Waals surface area contributed by atoms with Crippen LogP contribution in [-0.2, 0) is 9.59 Å². The number of amides is 2. The van der Waals surface area contributed by atoms with Crippen molar-refractivity contribution >= 4 is 23.5 Å². The fraction of sp³-hybridized carbons (Fsp3) is 0.400. The highest BCUT2D eigenvalue weighted by Crippen LogP contribution is 2.18. The number of rotatable bonds is 8. The molecule has 2 amide bonds. The smallest absolute Gasteiger partial charge is 0.303 e. The number of nitro groups is 1. The Hall–Kier alpha value is -2.97. The summed E-state index contributed by atoms with van der Waals surface area (Å²) in [5.41, 5.74) is 0.491. The summed E-state index contributed by atoms with van der Waals surface area (Å²) in [5.74, 6) is -1.80. The van der Waals surface area contributed by atoms with Gasteiger partial charge in [-0.25, -0.2) is 0 Å². The van der Waals surface area contributed by atoms with Crippen molar-refractivity contribution in [3.8, 4) is 0 Å². The SMILES string of the molecule is Cc1cc(C(=O)NCC(=O)N(C)CCCC(=O)O)ccc1[N+](=O)[O-]. The van der Waals surface area contributed by atoms with E-state index in [0.717, 1.165) is 0 Å². The molecule has 0 aliphatic heterocycles. The Morgan fingerprint density at radius 2 is 2.00 bits per heavy atom. The lowest BCUT2D eigenvalue weighted by molar-refractivity contribution is -0.385. The van der Waals surface area contributed by atoms with Crippen LogP contribution in [0.1, 0.15) is 28.8 Å². The van der Waals surface area contributed by atoms with Gasteiger partial charge in [-0.05, 0) is 25.5 Å². The maximum absolute atomic E-state index is 12.0. The average molecular weight is 337 g/mol. The zero-order valence-corrected chi connectivity index (χ0v) is 13.4. The fourth-order valence-electron chi connectivity index (χ4n) is 1.99. The van der Waals surface area contributed by atoms with E-state index < -0.39 is 16.8 Å². The summed E-state index contributed by atoms with van der Waals surface area (Å²) in [6.07, 6.45) is 0.291. The quantitative estimate of drug-likeness (QED) is 0.536. The molecule has 0 atom stereocenters. The van der Waals surface area contributed by atoms with Crippen molar-refractivity contribution in [3.05, 3.63) is 39.4 Å². The maximum atomic E-state index is 12.0. The van der Waals surface area contributed by atoms with Gasteiger partial charge in [-0.3, -0.25) is 24.5 Å². The van der Waals surface area contributed by atoms with E-state index in [1.54, 1.807) is 0 Å². The standard InChI is InChI=1S/C15H19N3O6/c1-10-8-11(5-6-12(10)18(23)24)15(22)16-9-13(19)17(2)7-3-4-14(20)21/h5-6,8H,3-4,7,9H2,1-2H3,(H,16,22)(H,20,21). The second-order valence-corrected chi connectivity index (χ2v) is 5.25. The number of nitrogens with zero attached hydrogens (tertiary/aromatic N) is 2. The Bertz CT molecular complexity index is 659. The van der Waals surface area contributed by atoms with Crippen molar-refractivity contribution < 1.29 is 24.4 Å². The predicted molar refractivity (Wildman–Crippen MR) is 84.7 cm³/mol. The lowest BCUT2D eigenvalue weighted by atomic mass is 10.1. The van der Waals surface area contributed by atoms with Gasteiger partial charge in [0.2, 0.25) is 5.91 Å². The third-order valence-electron chi connectivity index (χ3n) is 3.37. The van der Waals surface area contributed by atoms with Gasteiger partial charge >= 0.3 is 5.97 Å². The molecular weight excluding hydrogens is 318 g/mol. The molecule has 24 heavy (non-hydrogen) atoms. The first-order chi connectivity index (χ1) is 11.2. The number of aliphatic carboxylic acids is 1. The van der Waals surface area contributed by atoms with Gasteiger partial charge in [0.15, 0.2) is 0 Å². The molecule has 1 aromatic carbocycles. The van der Waals surface area contributed by atoms with Crippen LogP contribution in [0.3, 0.4) is 0 Å². The predicted octanol–water partition coefficient (Wildman–Crippen LogP) is 0.956. The van der Waals surface area contributed by atoms with Crippen LogP contribution in [0.25, 0.3) is 0 Å². The lowest BCUT2D eigenvalue weighted by Gasteiger charge is -2.17. The number of likely N-dealkylation sites (N-methyl/N-ethyl adjacent to an activating group) is 1. The number of nitro benzene ring substituents is 1. The Balaban J connectivity index is 2.53. The summed E-state index contributed by atoms with van der Waals surface area (Å²) in [6, 6.07) is 3.94. The van der Waals surface area contributed by atoms with E-state index >= 15 is 0 Å². The third-order valence-corrected chi connectivity index (χ3v) is 3.37. The minimum Gasteiger partial charge on any atom is -0.481 e. The molecule has 130 valence electrons. The summed E-state index contributed by atoms with van der Waals surface area (Å²) < 4.78 is 0. The minimum atomic E-state index is -0.933. The van der Waals surface area contributed by atoms with Gasteiger partial charge in [-0.15, -0.1) is 0 Å². The Morgan fingerprint density at radius 1 is 1.33 bits per heavy atom. The first-order valence-electron chi connectivity index (χ1n) is 7.21. The summed E-state index contributed by atoms with van der Waals surface area (Å²) in [6.45, 7) is 1.56. The van der Waals surface area contributed by atoms with E-state index in [9.17, 15) is 24.5 Å². The molecule has 0 heterocycles. The lowest BCUT2D eigenvalue weighted by Crippen LogP contribution is -2.38. The number of carboxylic acids is 1. The molecule has 0 radical (unpaired) electrons. The largest absolute Gasteiger partial charge is 0.481 e. The number of carbonyl (C=O) groups is 3. The number of hydrogen-bond acceptors (Lipinski definition) is 5. The first kappa shape index (κ1) is 19.1. The van der Waals surface area contributed by atoms with Crippen LogP contribution in [0.5, 0.6) is 0 Å². The summed E-state index contributed by atoms with van der Waals surface area (Å²) in [5, 5.41) is 21.7. The summed E-state index contributed by atoms with van der Waals surface area (Å²) >= 11 is 0. The number of benzene rings is 1. The molecule has 1 rings (SSSR count). The molecule has 0 fully saturated rings. The van der Waals surface area contributed by atoms with E-state index in [1.165, 1.54) is 37.1 Å². The van der Waals surface area contributed by atoms with Gasteiger partial charge in [0.05, 0.1) is 11.5 Å². The molecule has 9 heteroatoms. The Kier molecular flexibility index (Phi) is 6.84. The van der Waals surface area contributed by atoms with Crippen molar-refractivity contribution in [2.45, 2.75) is 19.8 Å². The van der Waals surface area contributed by atoms with Crippen LogP contribution in [0, 0.1) is 17.0 Å².